The zero-order valence-electron chi connectivity index (χ0n) is 9.75. The van der Waals surface area contributed by atoms with E-state index >= 15 is 0 Å². The zero-order valence-corrected chi connectivity index (χ0v) is 15.3. The SMILES string of the molecule is Cc1c(Br)ccc2nc(-c3cc(Br)c(Br)s3)c(N)n12. The van der Waals surface area contributed by atoms with Crippen molar-refractivity contribution in [2.75, 3.05) is 5.73 Å². The standard InChI is InChI=1S/C12H8Br3N3S/c1-5-6(13)2-3-9-17-10(12(16)18(5)9)8-4-7(14)11(15)19-8/h2-4H,16H2,1H3. The van der Waals surface area contributed by atoms with E-state index < -0.39 is 0 Å². The first-order chi connectivity index (χ1) is 8.99. The molecule has 0 spiro atoms. The zero-order chi connectivity index (χ0) is 13.7. The molecule has 0 saturated carbocycles. The number of nitrogen functional groups attached to an aromatic ring is 1. The lowest BCUT2D eigenvalue weighted by Gasteiger charge is -2.03. The molecule has 2 N–H and O–H groups in total. The van der Waals surface area contributed by atoms with E-state index in [1.807, 2.05) is 29.5 Å². The number of anilines is 1. The van der Waals surface area contributed by atoms with Gasteiger partial charge >= 0.3 is 0 Å². The number of nitrogens with two attached hydrogens (primary N) is 1. The van der Waals surface area contributed by atoms with Gasteiger partial charge in [-0.25, -0.2) is 4.98 Å². The van der Waals surface area contributed by atoms with Crippen LogP contribution in [-0.2, 0) is 0 Å². The van der Waals surface area contributed by atoms with Crippen molar-refractivity contribution in [2.24, 2.45) is 0 Å². The molecular formula is C12H8Br3N3S. The molecule has 0 unspecified atom stereocenters. The average molecular weight is 466 g/mol. The molecule has 0 aliphatic carbocycles. The van der Waals surface area contributed by atoms with Gasteiger partial charge in [0.25, 0.3) is 0 Å². The highest BCUT2D eigenvalue weighted by molar-refractivity contribution is 9.13. The summed E-state index contributed by atoms with van der Waals surface area (Å²) in [5, 5.41) is 0. The van der Waals surface area contributed by atoms with Crippen molar-refractivity contribution in [3.8, 4) is 10.6 Å². The third kappa shape index (κ3) is 2.16. The average Bonchev–Trinajstić information content (AvgIpc) is 2.86. The van der Waals surface area contributed by atoms with Crippen molar-refractivity contribution in [3.63, 3.8) is 0 Å². The summed E-state index contributed by atoms with van der Waals surface area (Å²) in [6.07, 6.45) is 0. The van der Waals surface area contributed by atoms with Crippen molar-refractivity contribution in [2.45, 2.75) is 6.92 Å². The molecule has 0 fully saturated rings. The summed E-state index contributed by atoms with van der Waals surface area (Å²) in [5.41, 5.74) is 8.97. The minimum atomic E-state index is 0.662. The number of pyridine rings is 1. The molecule has 0 saturated heterocycles. The van der Waals surface area contributed by atoms with Gasteiger partial charge in [-0.2, -0.15) is 0 Å². The van der Waals surface area contributed by atoms with Crippen LogP contribution in [0.3, 0.4) is 0 Å². The Morgan fingerprint density at radius 3 is 2.58 bits per heavy atom. The summed E-state index contributed by atoms with van der Waals surface area (Å²) >= 11 is 12.1. The van der Waals surface area contributed by atoms with Crippen LogP contribution in [0, 0.1) is 6.92 Å². The fourth-order valence-corrected chi connectivity index (χ4v) is 4.28. The number of rotatable bonds is 1. The molecule has 3 aromatic rings. The Balaban J connectivity index is 2.31. The van der Waals surface area contributed by atoms with Gasteiger partial charge in [0.2, 0.25) is 0 Å². The minimum absolute atomic E-state index is 0.662. The molecule has 3 aromatic heterocycles. The number of hydrogen-bond donors (Lipinski definition) is 1. The molecule has 3 heterocycles. The normalized spacial score (nSPS) is 11.4. The van der Waals surface area contributed by atoms with Crippen LogP contribution in [0.2, 0.25) is 0 Å². The number of halogens is 3. The molecule has 7 heteroatoms. The summed E-state index contributed by atoms with van der Waals surface area (Å²) in [4.78, 5) is 5.66. The Bertz CT molecular complexity index is 772. The van der Waals surface area contributed by atoms with Crippen LogP contribution in [0.1, 0.15) is 5.69 Å². The van der Waals surface area contributed by atoms with Crippen molar-refractivity contribution in [1.82, 2.24) is 9.38 Å². The Kier molecular flexibility index (Phi) is 3.49. The first-order valence-corrected chi connectivity index (χ1v) is 8.57. The smallest absolute Gasteiger partial charge is 0.139 e. The van der Waals surface area contributed by atoms with Gasteiger partial charge in [-0.15, -0.1) is 11.3 Å². The summed E-state index contributed by atoms with van der Waals surface area (Å²) in [7, 11) is 0. The largest absolute Gasteiger partial charge is 0.383 e. The number of fused-ring (bicyclic) bond motifs is 1. The van der Waals surface area contributed by atoms with E-state index in [9.17, 15) is 0 Å². The van der Waals surface area contributed by atoms with E-state index in [4.69, 9.17) is 5.73 Å². The lowest BCUT2D eigenvalue weighted by Crippen LogP contribution is -1.98. The molecule has 0 atom stereocenters. The third-order valence-corrected chi connectivity index (χ3v) is 6.98. The number of imidazole rings is 1. The van der Waals surface area contributed by atoms with E-state index in [0.717, 1.165) is 34.6 Å². The van der Waals surface area contributed by atoms with Gasteiger partial charge in [-0.05, 0) is 72.9 Å². The minimum Gasteiger partial charge on any atom is -0.383 e. The number of aryl methyl sites for hydroxylation is 1. The van der Waals surface area contributed by atoms with Crippen molar-refractivity contribution in [1.29, 1.82) is 0 Å². The van der Waals surface area contributed by atoms with Crippen molar-refractivity contribution < 1.29 is 0 Å². The number of thiophene rings is 1. The number of aromatic nitrogens is 2. The predicted octanol–water partition coefficient (Wildman–Crippen LogP) is 5.24. The predicted molar refractivity (Wildman–Crippen MR) is 90.8 cm³/mol. The Morgan fingerprint density at radius 1 is 1.21 bits per heavy atom. The summed E-state index contributed by atoms with van der Waals surface area (Å²) in [6, 6.07) is 5.97. The van der Waals surface area contributed by atoms with Gasteiger partial charge in [0, 0.05) is 14.6 Å². The van der Waals surface area contributed by atoms with E-state index in [-0.39, 0.29) is 0 Å². The summed E-state index contributed by atoms with van der Waals surface area (Å²) in [5.74, 6) is 0.662. The lowest BCUT2D eigenvalue weighted by atomic mass is 10.3. The fourth-order valence-electron chi connectivity index (χ4n) is 1.94. The molecule has 0 aliphatic rings. The second-order valence-corrected chi connectivity index (χ2v) is 8.12. The van der Waals surface area contributed by atoms with Crippen LogP contribution < -0.4 is 5.73 Å². The van der Waals surface area contributed by atoms with E-state index in [0.29, 0.717) is 5.82 Å². The highest BCUT2D eigenvalue weighted by atomic mass is 79.9. The van der Waals surface area contributed by atoms with Crippen molar-refractivity contribution >= 4 is 70.6 Å². The summed E-state index contributed by atoms with van der Waals surface area (Å²) in [6.45, 7) is 2.01. The van der Waals surface area contributed by atoms with E-state index in [1.54, 1.807) is 11.3 Å². The number of hydrogen-bond acceptors (Lipinski definition) is 3. The fraction of sp³-hybridized carbons (Fsp3) is 0.0833. The van der Waals surface area contributed by atoms with Gasteiger partial charge < -0.3 is 5.73 Å². The molecule has 0 aromatic carbocycles. The third-order valence-electron chi connectivity index (χ3n) is 2.88. The molecule has 0 amide bonds. The second kappa shape index (κ2) is 4.87. The van der Waals surface area contributed by atoms with Gasteiger partial charge in [-0.1, -0.05) is 0 Å². The van der Waals surface area contributed by atoms with Crippen LogP contribution in [0.25, 0.3) is 16.2 Å². The van der Waals surface area contributed by atoms with Gasteiger partial charge in [-0.3, -0.25) is 4.40 Å². The monoisotopic (exact) mass is 463 g/mol. The molecular weight excluding hydrogens is 458 g/mol. The quantitative estimate of drug-likeness (QED) is 0.534. The van der Waals surface area contributed by atoms with Crippen LogP contribution in [0.5, 0.6) is 0 Å². The van der Waals surface area contributed by atoms with Crippen LogP contribution in [0.4, 0.5) is 5.82 Å². The Hall–Kier alpha value is -0.370. The highest BCUT2D eigenvalue weighted by Crippen LogP contribution is 2.40. The molecule has 3 rings (SSSR count). The van der Waals surface area contributed by atoms with Crippen LogP contribution >= 0.6 is 59.1 Å². The highest BCUT2D eigenvalue weighted by Gasteiger charge is 2.16. The van der Waals surface area contributed by atoms with Crippen LogP contribution in [0.15, 0.2) is 30.9 Å². The maximum atomic E-state index is 6.26. The first-order valence-electron chi connectivity index (χ1n) is 5.37. The van der Waals surface area contributed by atoms with E-state index in [2.05, 4.69) is 52.8 Å². The molecule has 3 nitrogen and oxygen atoms in total. The second-order valence-electron chi connectivity index (χ2n) is 4.04. The maximum absolute atomic E-state index is 6.26. The lowest BCUT2D eigenvalue weighted by molar-refractivity contribution is 1.09. The molecule has 0 bridgehead atoms. The topological polar surface area (TPSA) is 43.3 Å². The molecule has 0 radical (unpaired) electrons. The van der Waals surface area contributed by atoms with Crippen molar-refractivity contribution in [3.05, 3.63) is 36.6 Å². The Morgan fingerprint density at radius 2 is 1.95 bits per heavy atom. The van der Waals surface area contributed by atoms with E-state index in [1.165, 1.54) is 0 Å². The van der Waals surface area contributed by atoms with Gasteiger partial charge in [0.05, 0.1) is 8.66 Å². The van der Waals surface area contributed by atoms with Crippen LogP contribution in [-0.4, -0.2) is 9.38 Å². The molecule has 98 valence electrons. The number of nitrogens with zero attached hydrogens (tertiary/aromatic N) is 2. The van der Waals surface area contributed by atoms with Gasteiger partial charge in [0.1, 0.15) is 17.2 Å². The first kappa shape index (κ1) is 13.6. The summed E-state index contributed by atoms with van der Waals surface area (Å²) < 4.78 is 5.03. The van der Waals surface area contributed by atoms with Gasteiger partial charge in [0.15, 0.2) is 0 Å². The molecule has 19 heavy (non-hydrogen) atoms. The molecule has 0 aliphatic heterocycles. The Labute approximate surface area is 139 Å². The maximum Gasteiger partial charge on any atom is 0.139 e.